The highest BCUT2D eigenvalue weighted by molar-refractivity contribution is 9.10. The molecule has 2 aromatic heterocycles. The molecule has 0 aliphatic heterocycles. The van der Waals surface area contributed by atoms with Gasteiger partial charge in [-0.25, -0.2) is 9.50 Å². The molecule has 0 bridgehead atoms. The third-order valence-corrected chi connectivity index (χ3v) is 4.36. The summed E-state index contributed by atoms with van der Waals surface area (Å²) < 4.78 is 2.55. The second-order valence-electron chi connectivity index (χ2n) is 4.39. The van der Waals surface area contributed by atoms with E-state index in [2.05, 4.69) is 31.0 Å². The Morgan fingerprint density at radius 2 is 2.10 bits per heavy atom. The van der Waals surface area contributed by atoms with E-state index in [1.54, 1.807) is 23.0 Å². The molecule has 2 heterocycles. The van der Waals surface area contributed by atoms with Crippen LogP contribution in [0.5, 0.6) is 0 Å². The van der Waals surface area contributed by atoms with Crippen LogP contribution in [0.1, 0.15) is 17.3 Å². The first-order valence-corrected chi connectivity index (χ1v) is 7.94. The van der Waals surface area contributed by atoms with Crippen molar-refractivity contribution in [2.75, 3.05) is 0 Å². The third-order valence-electron chi connectivity index (χ3n) is 2.88. The van der Waals surface area contributed by atoms with E-state index >= 15 is 0 Å². The number of carbonyl (C=O) groups excluding carboxylic acids is 1. The van der Waals surface area contributed by atoms with Gasteiger partial charge in [0.25, 0.3) is 5.78 Å². The standard InChI is InChI=1S/C14H11BrN4OS/c1-9(12(20)10-3-5-11(15)6-4-10)21-14-17-13-16-7-2-8-19(13)18-14/h2-9H,1H3. The maximum atomic E-state index is 12.4. The van der Waals surface area contributed by atoms with Crippen molar-refractivity contribution < 1.29 is 4.79 Å². The Bertz CT molecular complexity index is 754. The van der Waals surface area contributed by atoms with Crippen LogP contribution in [0.4, 0.5) is 0 Å². The minimum absolute atomic E-state index is 0.0549. The Kier molecular flexibility index (Phi) is 4.03. The number of hydrogen-bond donors (Lipinski definition) is 0. The summed E-state index contributed by atoms with van der Waals surface area (Å²) in [4.78, 5) is 20.8. The number of thioether (sulfide) groups is 1. The van der Waals surface area contributed by atoms with Gasteiger partial charge in [-0.2, -0.15) is 4.98 Å². The highest BCUT2D eigenvalue weighted by Crippen LogP contribution is 2.23. The monoisotopic (exact) mass is 362 g/mol. The fourth-order valence-electron chi connectivity index (χ4n) is 1.82. The Morgan fingerprint density at radius 1 is 1.33 bits per heavy atom. The summed E-state index contributed by atoms with van der Waals surface area (Å²) in [5.74, 6) is 0.586. The molecule has 0 N–H and O–H groups in total. The van der Waals surface area contributed by atoms with E-state index in [1.165, 1.54) is 11.8 Å². The zero-order valence-corrected chi connectivity index (χ0v) is 13.5. The van der Waals surface area contributed by atoms with Gasteiger partial charge in [-0.1, -0.05) is 39.8 Å². The van der Waals surface area contributed by atoms with Crippen LogP contribution in [0.25, 0.3) is 5.78 Å². The van der Waals surface area contributed by atoms with Crippen LogP contribution in [-0.2, 0) is 0 Å². The molecule has 0 spiro atoms. The highest BCUT2D eigenvalue weighted by atomic mass is 79.9. The molecule has 0 aliphatic carbocycles. The smallest absolute Gasteiger partial charge is 0.253 e. The zero-order valence-electron chi connectivity index (χ0n) is 11.1. The molecule has 1 aromatic carbocycles. The number of halogens is 1. The first-order valence-electron chi connectivity index (χ1n) is 6.27. The molecule has 0 saturated carbocycles. The minimum atomic E-state index is -0.261. The Labute approximate surface area is 133 Å². The van der Waals surface area contributed by atoms with Crippen LogP contribution in [0.15, 0.2) is 52.4 Å². The molecular weight excluding hydrogens is 352 g/mol. The molecule has 7 heteroatoms. The molecule has 21 heavy (non-hydrogen) atoms. The van der Waals surface area contributed by atoms with E-state index in [-0.39, 0.29) is 11.0 Å². The van der Waals surface area contributed by atoms with Crippen molar-refractivity contribution in [2.45, 2.75) is 17.3 Å². The number of carbonyl (C=O) groups is 1. The highest BCUT2D eigenvalue weighted by Gasteiger charge is 2.19. The van der Waals surface area contributed by atoms with Gasteiger partial charge in [-0.3, -0.25) is 4.79 Å². The Morgan fingerprint density at radius 3 is 2.81 bits per heavy atom. The summed E-state index contributed by atoms with van der Waals surface area (Å²) in [6, 6.07) is 9.12. The molecule has 0 saturated heterocycles. The quantitative estimate of drug-likeness (QED) is 0.526. The first-order chi connectivity index (χ1) is 10.1. The maximum absolute atomic E-state index is 12.4. The normalized spacial score (nSPS) is 12.5. The number of rotatable bonds is 4. The molecule has 0 radical (unpaired) electrons. The lowest BCUT2D eigenvalue weighted by molar-refractivity contribution is 0.0994. The number of benzene rings is 1. The van der Waals surface area contributed by atoms with Gasteiger partial charge in [-0.15, -0.1) is 5.10 Å². The van der Waals surface area contributed by atoms with Gasteiger partial charge in [0.15, 0.2) is 5.78 Å². The molecule has 3 aromatic rings. The predicted molar refractivity (Wildman–Crippen MR) is 84.6 cm³/mol. The first kappa shape index (κ1) is 14.2. The lowest BCUT2D eigenvalue weighted by Crippen LogP contribution is -2.13. The van der Waals surface area contributed by atoms with Crippen molar-refractivity contribution in [3.63, 3.8) is 0 Å². The summed E-state index contributed by atoms with van der Waals surface area (Å²) in [5, 5.41) is 4.58. The molecule has 106 valence electrons. The number of aromatic nitrogens is 4. The van der Waals surface area contributed by atoms with Gasteiger partial charge < -0.3 is 0 Å². The third kappa shape index (κ3) is 3.14. The lowest BCUT2D eigenvalue weighted by Gasteiger charge is -2.07. The van der Waals surface area contributed by atoms with Crippen LogP contribution < -0.4 is 0 Å². The van der Waals surface area contributed by atoms with Crippen molar-refractivity contribution >= 4 is 39.3 Å². The van der Waals surface area contributed by atoms with Gasteiger partial charge in [0.05, 0.1) is 5.25 Å². The maximum Gasteiger partial charge on any atom is 0.253 e. The average Bonchev–Trinajstić information content (AvgIpc) is 2.89. The summed E-state index contributed by atoms with van der Waals surface area (Å²) in [6.07, 6.45) is 3.44. The number of fused-ring (bicyclic) bond motifs is 1. The summed E-state index contributed by atoms with van der Waals surface area (Å²) in [7, 11) is 0. The van der Waals surface area contributed by atoms with Crippen molar-refractivity contribution in [1.29, 1.82) is 0 Å². The summed E-state index contributed by atoms with van der Waals surface area (Å²) >= 11 is 4.69. The Hall–Kier alpha value is -1.73. The average molecular weight is 363 g/mol. The summed E-state index contributed by atoms with van der Waals surface area (Å²) in [6.45, 7) is 1.86. The molecular formula is C14H11BrN4OS. The van der Waals surface area contributed by atoms with Gasteiger partial charge in [-0.05, 0) is 25.1 Å². The predicted octanol–water partition coefficient (Wildman–Crippen LogP) is 3.25. The van der Waals surface area contributed by atoms with E-state index in [4.69, 9.17) is 0 Å². The molecule has 5 nitrogen and oxygen atoms in total. The zero-order chi connectivity index (χ0) is 14.8. The van der Waals surface area contributed by atoms with Crippen molar-refractivity contribution in [1.82, 2.24) is 19.6 Å². The van der Waals surface area contributed by atoms with Crippen molar-refractivity contribution in [3.05, 3.63) is 52.8 Å². The van der Waals surface area contributed by atoms with E-state index in [0.717, 1.165) is 4.47 Å². The van der Waals surface area contributed by atoms with E-state index in [0.29, 0.717) is 16.5 Å². The number of ketones is 1. The van der Waals surface area contributed by atoms with Crippen LogP contribution in [0, 0.1) is 0 Å². The van der Waals surface area contributed by atoms with Crippen molar-refractivity contribution in [3.8, 4) is 0 Å². The van der Waals surface area contributed by atoms with Gasteiger partial charge in [0.2, 0.25) is 5.16 Å². The van der Waals surface area contributed by atoms with Crippen LogP contribution >= 0.6 is 27.7 Å². The van der Waals surface area contributed by atoms with Crippen molar-refractivity contribution in [2.24, 2.45) is 0 Å². The number of hydrogen-bond acceptors (Lipinski definition) is 5. The van der Waals surface area contributed by atoms with E-state index in [9.17, 15) is 4.79 Å². The van der Waals surface area contributed by atoms with Crippen LogP contribution in [-0.4, -0.2) is 30.6 Å². The summed E-state index contributed by atoms with van der Waals surface area (Å²) in [5.41, 5.74) is 0.681. The van der Waals surface area contributed by atoms with Crippen LogP contribution in [0.3, 0.4) is 0 Å². The molecule has 3 rings (SSSR count). The lowest BCUT2D eigenvalue weighted by atomic mass is 10.1. The minimum Gasteiger partial charge on any atom is -0.293 e. The fraction of sp³-hybridized carbons (Fsp3) is 0.143. The second kappa shape index (κ2) is 5.95. The molecule has 0 fully saturated rings. The topological polar surface area (TPSA) is 60.1 Å². The van der Waals surface area contributed by atoms with E-state index in [1.807, 2.05) is 31.2 Å². The van der Waals surface area contributed by atoms with Gasteiger partial charge >= 0.3 is 0 Å². The molecule has 1 unspecified atom stereocenters. The molecule has 0 amide bonds. The largest absolute Gasteiger partial charge is 0.293 e. The van der Waals surface area contributed by atoms with Gasteiger partial charge in [0.1, 0.15) is 0 Å². The number of Topliss-reactive ketones (excluding diaryl/α,β-unsaturated/α-hetero) is 1. The number of nitrogens with zero attached hydrogens (tertiary/aromatic N) is 4. The SMILES string of the molecule is CC(Sc1nc2ncccn2n1)C(=O)c1ccc(Br)cc1. The van der Waals surface area contributed by atoms with Crippen LogP contribution in [0.2, 0.25) is 0 Å². The second-order valence-corrected chi connectivity index (χ2v) is 6.61. The fourth-order valence-corrected chi connectivity index (χ4v) is 2.92. The van der Waals surface area contributed by atoms with Gasteiger partial charge in [0, 0.05) is 22.4 Å². The Balaban J connectivity index is 1.77. The van der Waals surface area contributed by atoms with E-state index < -0.39 is 0 Å². The molecule has 1 atom stereocenters. The molecule has 0 aliphatic rings.